The van der Waals surface area contributed by atoms with E-state index in [1.165, 1.54) is 6.42 Å². The van der Waals surface area contributed by atoms with E-state index in [9.17, 15) is 0 Å². The molecule has 0 aromatic heterocycles. The zero-order valence-corrected chi connectivity index (χ0v) is 10.6. The highest BCUT2D eigenvalue weighted by Gasteiger charge is 2.14. The summed E-state index contributed by atoms with van der Waals surface area (Å²) < 4.78 is 11.3. The van der Waals surface area contributed by atoms with Crippen molar-refractivity contribution in [3.8, 4) is 5.75 Å². The van der Waals surface area contributed by atoms with Crippen molar-refractivity contribution in [2.75, 3.05) is 13.2 Å². The first-order valence-corrected chi connectivity index (χ1v) is 6.33. The van der Waals surface area contributed by atoms with Gasteiger partial charge in [-0.1, -0.05) is 17.3 Å². The molecule has 0 amide bonds. The van der Waals surface area contributed by atoms with Crippen LogP contribution in [-0.2, 0) is 4.74 Å². The third kappa shape index (κ3) is 3.47. The molecule has 1 aromatic rings. The third-order valence-corrected chi connectivity index (χ3v) is 3.11. The predicted octanol–water partition coefficient (Wildman–Crippen LogP) is 2.83. The Morgan fingerprint density at radius 2 is 2.39 bits per heavy atom. The van der Waals surface area contributed by atoms with Crippen LogP contribution < -0.4 is 4.74 Å². The number of rotatable bonds is 4. The molecule has 1 aliphatic rings. The Balaban J connectivity index is 1.92. The predicted molar refractivity (Wildman–Crippen MR) is 69.5 cm³/mol. The summed E-state index contributed by atoms with van der Waals surface area (Å²) in [5.41, 5.74) is 1.44. The summed E-state index contributed by atoms with van der Waals surface area (Å²) in [5, 5.41) is 11.9. The van der Waals surface area contributed by atoms with Crippen molar-refractivity contribution in [2.24, 2.45) is 5.16 Å². The van der Waals surface area contributed by atoms with E-state index in [2.05, 4.69) is 5.16 Å². The van der Waals surface area contributed by atoms with E-state index in [-0.39, 0.29) is 6.10 Å². The molecule has 1 heterocycles. The molecule has 1 aliphatic heterocycles. The van der Waals surface area contributed by atoms with Gasteiger partial charge in [-0.3, -0.25) is 0 Å². The number of hydrogen-bond donors (Lipinski definition) is 1. The Hall–Kier alpha value is -1.55. The molecule has 1 aromatic carbocycles. The second kappa shape index (κ2) is 6.40. The summed E-state index contributed by atoms with van der Waals surface area (Å²) in [4.78, 5) is 0. The minimum atomic E-state index is 0.204. The molecule has 0 bridgehead atoms. The minimum Gasteiger partial charge on any atom is -0.491 e. The lowest BCUT2D eigenvalue weighted by Crippen LogP contribution is -2.25. The zero-order chi connectivity index (χ0) is 12.8. The van der Waals surface area contributed by atoms with Crippen LogP contribution in [0.4, 0.5) is 0 Å². The van der Waals surface area contributed by atoms with Gasteiger partial charge < -0.3 is 14.7 Å². The summed E-state index contributed by atoms with van der Waals surface area (Å²) in [5.74, 6) is 0.782. The molecule has 0 saturated carbocycles. The molecule has 1 fully saturated rings. The normalized spacial score (nSPS) is 20.7. The molecule has 1 saturated heterocycles. The molecule has 0 aliphatic carbocycles. The van der Waals surface area contributed by atoms with Crippen molar-refractivity contribution in [1.82, 2.24) is 0 Å². The Morgan fingerprint density at radius 1 is 1.50 bits per heavy atom. The van der Waals surface area contributed by atoms with Gasteiger partial charge in [-0.15, -0.1) is 0 Å². The monoisotopic (exact) mass is 249 g/mol. The quantitative estimate of drug-likeness (QED) is 0.507. The van der Waals surface area contributed by atoms with Crippen LogP contribution in [0.5, 0.6) is 5.75 Å². The fraction of sp³-hybridized carbons (Fsp3) is 0.500. The topological polar surface area (TPSA) is 51.1 Å². The van der Waals surface area contributed by atoms with Gasteiger partial charge >= 0.3 is 0 Å². The van der Waals surface area contributed by atoms with Gasteiger partial charge in [-0.05, 0) is 38.3 Å². The van der Waals surface area contributed by atoms with Crippen molar-refractivity contribution in [3.63, 3.8) is 0 Å². The van der Waals surface area contributed by atoms with Crippen LogP contribution in [0.15, 0.2) is 29.4 Å². The van der Waals surface area contributed by atoms with Crippen LogP contribution in [-0.4, -0.2) is 30.2 Å². The minimum absolute atomic E-state index is 0.204. The Bertz CT molecular complexity index is 411. The highest BCUT2D eigenvalue weighted by molar-refractivity contribution is 5.98. The van der Waals surface area contributed by atoms with E-state index in [0.29, 0.717) is 12.3 Å². The summed E-state index contributed by atoms with van der Waals surface area (Å²) in [7, 11) is 0. The van der Waals surface area contributed by atoms with Crippen molar-refractivity contribution in [2.45, 2.75) is 32.3 Å². The number of benzene rings is 1. The second-order valence-corrected chi connectivity index (χ2v) is 4.51. The maximum atomic E-state index is 8.74. The molecular weight excluding hydrogens is 230 g/mol. The Morgan fingerprint density at radius 3 is 3.11 bits per heavy atom. The molecule has 1 N–H and O–H groups in total. The number of hydrogen-bond acceptors (Lipinski definition) is 4. The number of oxime groups is 1. The van der Waals surface area contributed by atoms with Crippen molar-refractivity contribution in [1.29, 1.82) is 0 Å². The van der Waals surface area contributed by atoms with Crippen LogP contribution in [0.3, 0.4) is 0 Å². The highest BCUT2D eigenvalue weighted by atomic mass is 16.5. The first-order valence-electron chi connectivity index (χ1n) is 6.33. The summed E-state index contributed by atoms with van der Waals surface area (Å²) >= 11 is 0. The lowest BCUT2D eigenvalue weighted by atomic mass is 10.1. The van der Waals surface area contributed by atoms with E-state index in [1.54, 1.807) is 6.92 Å². The van der Waals surface area contributed by atoms with Gasteiger partial charge in [0, 0.05) is 12.2 Å². The van der Waals surface area contributed by atoms with Gasteiger partial charge in [0.15, 0.2) is 0 Å². The molecule has 1 unspecified atom stereocenters. The SMILES string of the molecule is C/C(=N\O)c1cccc(OCC2CCCCO2)c1. The van der Waals surface area contributed by atoms with E-state index >= 15 is 0 Å². The van der Waals surface area contributed by atoms with Gasteiger partial charge in [0.1, 0.15) is 12.4 Å². The van der Waals surface area contributed by atoms with Crippen LogP contribution in [0.2, 0.25) is 0 Å². The molecule has 2 rings (SSSR count). The molecule has 4 heteroatoms. The average molecular weight is 249 g/mol. The maximum Gasteiger partial charge on any atom is 0.120 e. The second-order valence-electron chi connectivity index (χ2n) is 4.51. The molecule has 18 heavy (non-hydrogen) atoms. The fourth-order valence-electron chi connectivity index (χ4n) is 2.00. The van der Waals surface area contributed by atoms with Crippen molar-refractivity contribution < 1.29 is 14.7 Å². The van der Waals surface area contributed by atoms with E-state index in [4.69, 9.17) is 14.7 Å². The average Bonchev–Trinajstić information content (AvgIpc) is 2.45. The van der Waals surface area contributed by atoms with Gasteiger partial charge in [0.05, 0.1) is 11.8 Å². The smallest absolute Gasteiger partial charge is 0.120 e. The molecule has 98 valence electrons. The summed E-state index contributed by atoms with van der Waals surface area (Å²) in [6, 6.07) is 7.55. The van der Waals surface area contributed by atoms with Crippen LogP contribution >= 0.6 is 0 Å². The van der Waals surface area contributed by atoms with Gasteiger partial charge in [-0.25, -0.2) is 0 Å². The first kappa shape index (κ1) is 12.9. The molecular formula is C14H19NO3. The van der Waals surface area contributed by atoms with Gasteiger partial charge in [0.2, 0.25) is 0 Å². The molecule has 0 spiro atoms. The Kier molecular flexibility index (Phi) is 4.59. The van der Waals surface area contributed by atoms with Crippen molar-refractivity contribution in [3.05, 3.63) is 29.8 Å². The molecule has 1 atom stereocenters. The molecule has 4 nitrogen and oxygen atoms in total. The number of nitrogens with zero attached hydrogens (tertiary/aromatic N) is 1. The largest absolute Gasteiger partial charge is 0.491 e. The summed E-state index contributed by atoms with van der Waals surface area (Å²) in [6.45, 7) is 3.17. The molecule has 0 radical (unpaired) electrons. The van der Waals surface area contributed by atoms with Crippen LogP contribution in [0.1, 0.15) is 31.7 Å². The first-order chi connectivity index (χ1) is 8.79. The zero-order valence-electron chi connectivity index (χ0n) is 10.6. The Labute approximate surface area is 107 Å². The van der Waals surface area contributed by atoms with Crippen LogP contribution in [0, 0.1) is 0 Å². The standard InChI is InChI=1S/C14H19NO3/c1-11(15-16)12-5-4-7-13(9-12)18-10-14-6-2-3-8-17-14/h4-5,7,9,14,16H,2-3,6,8,10H2,1H3/b15-11+. The number of ether oxygens (including phenoxy) is 2. The highest BCUT2D eigenvalue weighted by Crippen LogP contribution is 2.17. The lowest BCUT2D eigenvalue weighted by Gasteiger charge is -2.22. The lowest BCUT2D eigenvalue weighted by molar-refractivity contribution is -0.0110. The van der Waals surface area contributed by atoms with E-state index < -0.39 is 0 Å². The van der Waals surface area contributed by atoms with E-state index in [1.807, 2.05) is 24.3 Å². The van der Waals surface area contributed by atoms with Crippen molar-refractivity contribution >= 4 is 5.71 Å². The van der Waals surface area contributed by atoms with Crippen LogP contribution in [0.25, 0.3) is 0 Å². The maximum absolute atomic E-state index is 8.74. The van der Waals surface area contributed by atoms with Gasteiger partial charge in [-0.2, -0.15) is 0 Å². The van der Waals surface area contributed by atoms with E-state index in [0.717, 1.165) is 30.8 Å². The third-order valence-electron chi connectivity index (χ3n) is 3.11. The summed E-state index contributed by atoms with van der Waals surface area (Å²) in [6.07, 6.45) is 3.63. The fourth-order valence-corrected chi connectivity index (χ4v) is 2.00. The van der Waals surface area contributed by atoms with Gasteiger partial charge in [0.25, 0.3) is 0 Å².